The van der Waals surface area contributed by atoms with E-state index in [1.165, 1.54) is 20.7 Å². The molecule has 3 nitrogen and oxygen atoms in total. The lowest BCUT2D eigenvalue weighted by Gasteiger charge is -2.43. The third-order valence-corrected chi connectivity index (χ3v) is 24.1. The summed E-state index contributed by atoms with van der Waals surface area (Å²) in [5, 5.41) is 4.65. The minimum absolute atomic E-state index is 0.0713. The highest BCUT2D eigenvalue weighted by Gasteiger charge is 2.52. The molecule has 0 radical (unpaired) electrons. The van der Waals surface area contributed by atoms with Gasteiger partial charge in [-0.25, -0.2) is 0 Å². The van der Waals surface area contributed by atoms with Gasteiger partial charge in [0.05, 0.1) is 17.5 Å². The van der Waals surface area contributed by atoms with Crippen molar-refractivity contribution in [2.75, 3.05) is 13.2 Å². The molecule has 2 aliphatic rings. The molecule has 0 fully saturated rings. The molecule has 0 aromatic heterocycles. The molecule has 0 spiro atoms. The van der Waals surface area contributed by atoms with E-state index in [4.69, 9.17) is 8.85 Å². The Morgan fingerprint density at radius 2 is 0.690 bits per heavy atom. The van der Waals surface area contributed by atoms with Crippen molar-refractivity contribution in [2.45, 2.75) is 51.6 Å². The zero-order chi connectivity index (χ0) is 40.5. The number of carbonyl (C=O) groups is 1. The molecule has 58 heavy (non-hydrogen) atoms. The highest BCUT2D eigenvalue weighted by molar-refractivity contribution is 8.28. The van der Waals surface area contributed by atoms with Crippen molar-refractivity contribution in [3.05, 3.63) is 206 Å². The molecule has 0 unspecified atom stereocenters. The molecule has 0 atom stereocenters. The third-order valence-electron chi connectivity index (χ3n) is 11.5. The zero-order valence-electron chi connectivity index (χ0n) is 34.1. The van der Waals surface area contributed by atoms with Crippen LogP contribution in [-0.4, -0.2) is 35.6 Å². The van der Waals surface area contributed by atoms with Gasteiger partial charge in [0.25, 0.3) is 16.6 Å². The van der Waals surface area contributed by atoms with Crippen LogP contribution in [0.4, 0.5) is 0 Å². The Bertz CT molecular complexity index is 2240. The van der Waals surface area contributed by atoms with E-state index in [2.05, 4.69) is 175 Å². The molecule has 0 saturated carbocycles. The fraction of sp³-hybridized carbons (Fsp3) is 0.196. The molecular formula is C51H50O3S2Si2. The van der Waals surface area contributed by atoms with Crippen LogP contribution in [0.2, 0.25) is 10.1 Å². The summed E-state index contributed by atoms with van der Waals surface area (Å²) in [6.07, 6.45) is 0. The molecule has 0 saturated heterocycles. The van der Waals surface area contributed by atoms with Gasteiger partial charge in [0.2, 0.25) is 0 Å². The number of hydrogen-bond acceptors (Lipinski definition) is 5. The second-order valence-corrected chi connectivity index (χ2v) is 28.1. The largest absolute Gasteiger partial charge is 0.403 e. The maximum atomic E-state index is 13.9. The lowest BCUT2D eigenvalue weighted by atomic mass is 9.82. The van der Waals surface area contributed by atoms with Crippen molar-refractivity contribution >= 4 is 72.3 Å². The van der Waals surface area contributed by atoms with Crippen molar-refractivity contribution in [3.63, 3.8) is 0 Å². The summed E-state index contributed by atoms with van der Waals surface area (Å²) in [6.45, 7) is 14.9. The van der Waals surface area contributed by atoms with Gasteiger partial charge >= 0.3 is 0 Å². The molecule has 1 aliphatic heterocycles. The van der Waals surface area contributed by atoms with Gasteiger partial charge in [-0.1, -0.05) is 235 Å². The molecule has 0 bridgehead atoms. The van der Waals surface area contributed by atoms with Gasteiger partial charge in [0.1, 0.15) is 0 Å². The molecule has 1 aliphatic carbocycles. The molecule has 6 aromatic carbocycles. The van der Waals surface area contributed by atoms with Gasteiger partial charge in [-0.15, -0.1) is 0 Å². The van der Waals surface area contributed by atoms with Gasteiger partial charge in [-0.2, -0.15) is 0 Å². The normalized spacial score (nSPS) is 14.8. The van der Waals surface area contributed by atoms with E-state index in [1.807, 2.05) is 36.4 Å². The second kappa shape index (κ2) is 16.3. The van der Waals surface area contributed by atoms with Crippen LogP contribution in [0.15, 0.2) is 184 Å². The monoisotopic (exact) mass is 830 g/mol. The highest BCUT2D eigenvalue weighted by Crippen LogP contribution is 2.56. The van der Waals surface area contributed by atoms with Crippen LogP contribution < -0.4 is 20.7 Å². The first kappa shape index (κ1) is 40.3. The van der Waals surface area contributed by atoms with Crippen molar-refractivity contribution in [1.29, 1.82) is 0 Å². The van der Waals surface area contributed by atoms with Crippen LogP contribution in [0, 0.1) is 0 Å². The predicted molar refractivity (Wildman–Crippen MR) is 252 cm³/mol. The molecule has 8 rings (SSSR count). The van der Waals surface area contributed by atoms with Crippen molar-refractivity contribution < 1.29 is 13.6 Å². The average molecular weight is 831 g/mol. The summed E-state index contributed by atoms with van der Waals surface area (Å²) >= 11 is 3.58. The van der Waals surface area contributed by atoms with Crippen LogP contribution in [0.25, 0.3) is 5.57 Å². The quantitative estimate of drug-likeness (QED) is 0.128. The first-order valence-electron chi connectivity index (χ1n) is 20.0. The van der Waals surface area contributed by atoms with Gasteiger partial charge in [0, 0.05) is 26.5 Å². The van der Waals surface area contributed by atoms with Crippen molar-refractivity contribution in [2.24, 2.45) is 0 Å². The molecular weight excluding hydrogens is 781 g/mol. The van der Waals surface area contributed by atoms with E-state index in [0.29, 0.717) is 13.2 Å². The second-order valence-electron chi connectivity index (χ2n) is 17.0. The molecule has 292 valence electrons. The first-order valence-corrected chi connectivity index (χ1v) is 25.5. The van der Waals surface area contributed by atoms with E-state index in [-0.39, 0.29) is 15.9 Å². The highest BCUT2D eigenvalue weighted by atomic mass is 32.2. The Morgan fingerprint density at radius 3 is 0.983 bits per heavy atom. The zero-order valence-corrected chi connectivity index (χ0v) is 37.8. The van der Waals surface area contributed by atoms with E-state index in [9.17, 15) is 4.79 Å². The molecule has 7 heteroatoms. The van der Waals surface area contributed by atoms with E-state index >= 15 is 0 Å². The van der Waals surface area contributed by atoms with Crippen molar-refractivity contribution in [1.82, 2.24) is 0 Å². The Hall–Kier alpha value is -4.48. The predicted octanol–water partition coefficient (Wildman–Crippen LogP) is 10.8. The maximum Gasteiger partial charge on any atom is 0.261 e. The fourth-order valence-corrected chi connectivity index (χ4v) is 20.8. The van der Waals surface area contributed by atoms with E-state index < -0.39 is 16.6 Å². The van der Waals surface area contributed by atoms with Crippen LogP contribution >= 0.6 is 23.5 Å². The number of ketones is 1. The number of carbonyl (C=O) groups excluding carboxylic acids is 1. The Kier molecular flexibility index (Phi) is 11.3. The Morgan fingerprint density at radius 1 is 0.414 bits per heavy atom. The summed E-state index contributed by atoms with van der Waals surface area (Å²) in [4.78, 5) is 16.2. The fourth-order valence-electron chi connectivity index (χ4n) is 8.86. The van der Waals surface area contributed by atoms with E-state index in [1.54, 1.807) is 23.5 Å². The number of hydrogen-bond donors (Lipinski definition) is 0. The van der Waals surface area contributed by atoms with Crippen LogP contribution in [0.5, 0.6) is 0 Å². The van der Waals surface area contributed by atoms with Crippen LogP contribution in [-0.2, 0) is 8.85 Å². The average Bonchev–Trinajstić information content (AvgIpc) is 3.64. The van der Waals surface area contributed by atoms with Crippen LogP contribution in [0.3, 0.4) is 0 Å². The Balaban J connectivity index is 1.29. The molecule has 0 amide bonds. The number of thioether (sulfide) groups is 2. The standard InChI is InChI=1S/C51H50O3S2Si2/c1-50(2,3)57(37-23-11-7-12-24-37,38-25-13-8-14-26-38)53-35-45-46(36-54-58(51(4,5)6,39-27-15-9-16-28-39)40-29-17-10-18-30-40)56-49(55-45)47-41-31-19-21-33-43(41)48(52)44-34-22-20-32-42(44)47/h7-34H,35-36H2,1-6H3. The summed E-state index contributed by atoms with van der Waals surface area (Å²) in [7, 11) is -5.75. The summed E-state index contributed by atoms with van der Waals surface area (Å²) < 4.78 is 16.5. The lowest BCUT2D eigenvalue weighted by Crippen LogP contribution is -2.66. The summed E-state index contributed by atoms with van der Waals surface area (Å²) in [5.41, 5.74) is 4.54. The lowest BCUT2D eigenvalue weighted by molar-refractivity contribution is 0.103. The van der Waals surface area contributed by atoms with Gasteiger partial charge < -0.3 is 8.85 Å². The molecule has 1 heterocycles. The molecule has 0 N–H and O–H groups in total. The van der Waals surface area contributed by atoms with Gasteiger partial charge in [0.15, 0.2) is 5.78 Å². The minimum Gasteiger partial charge on any atom is -0.403 e. The number of fused-ring (bicyclic) bond motifs is 2. The van der Waals surface area contributed by atoms with Gasteiger partial charge in [-0.05, 0) is 42.0 Å². The maximum absolute atomic E-state index is 13.9. The van der Waals surface area contributed by atoms with E-state index in [0.717, 1.165) is 41.9 Å². The Labute approximate surface area is 354 Å². The number of rotatable bonds is 10. The topological polar surface area (TPSA) is 35.5 Å². The summed E-state index contributed by atoms with van der Waals surface area (Å²) in [5.74, 6) is 0.0713. The first-order chi connectivity index (χ1) is 28.0. The molecule has 6 aromatic rings. The van der Waals surface area contributed by atoms with Crippen molar-refractivity contribution in [3.8, 4) is 0 Å². The van der Waals surface area contributed by atoms with Crippen LogP contribution in [0.1, 0.15) is 68.6 Å². The minimum atomic E-state index is -2.88. The van der Waals surface area contributed by atoms with Gasteiger partial charge in [-0.3, -0.25) is 4.79 Å². The smallest absolute Gasteiger partial charge is 0.261 e. The summed E-state index contributed by atoms with van der Waals surface area (Å²) in [6, 6.07) is 59.6. The SMILES string of the molecule is CC(C)(C)[Si](OCC1=C(CO[Si](c2ccccc2)(c2ccccc2)C(C)(C)C)SC(=C2c3ccccc3C(=O)c3ccccc32)S1)(c1ccccc1)c1ccccc1. The third kappa shape index (κ3) is 7.16. The number of benzene rings is 6.